The molecule has 1 aromatic rings. The number of carbonyl (C=O) groups excluding carboxylic acids is 1. The monoisotopic (exact) mass is 249 g/mol. The van der Waals surface area contributed by atoms with Crippen molar-refractivity contribution in [2.45, 2.75) is 33.1 Å². The van der Waals surface area contributed by atoms with Gasteiger partial charge in [0.2, 0.25) is 0 Å². The Kier molecular flexibility index (Phi) is 7.11. The van der Waals surface area contributed by atoms with E-state index in [1.807, 2.05) is 31.2 Å². The van der Waals surface area contributed by atoms with E-state index in [1.54, 1.807) is 0 Å². The summed E-state index contributed by atoms with van der Waals surface area (Å²) in [6.45, 7) is 6.36. The van der Waals surface area contributed by atoms with Crippen molar-refractivity contribution in [2.75, 3.05) is 19.8 Å². The van der Waals surface area contributed by atoms with Crippen molar-refractivity contribution in [3.63, 3.8) is 0 Å². The van der Waals surface area contributed by atoms with Crippen LogP contribution in [-0.2, 0) is 4.74 Å². The molecule has 1 amide bonds. The largest absolute Gasteiger partial charge is 0.381 e. The molecule has 0 aromatic heterocycles. The van der Waals surface area contributed by atoms with Gasteiger partial charge in [0.15, 0.2) is 0 Å². The van der Waals surface area contributed by atoms with Crippen LogP contribution in [0.3, 0.4) is 0 Å². The fraction of sp³-hybridized carbons (Fsp3) is 0.533. The van der Waals surface area contributed by atoms with Crippen LogP contribution in [0, 0.1) is 6.92 Å². The van der Waals surface area contributed by atoms with E-state index in [9.17, 15) is 4.79 Å². The quantitative estimate of drug-likeness (QED) is 0.719. The first-order chi connectivity index (χ1) is 8.74. The summed E-state index contributed by atoms with van der Waals surface area (Å²) in [7, 11) is 0. The van der Waals surface area contributed by atoms with Gasteiger partial charge in [-0.05, 0) is 31.9 Å². The van der Waals surface area contributed by atoms with Crippen LogP contribution < -0.4 is 5.32 Å². The Balaban J connectivity index is 2.12. The summed E-state index contributed by atoms with van der Waals surface area (Å²) in [6, 6.07) is 7.59. The zero-order valence-electron chi connectivity index (χ0n) is 11.4. The Morgan fingerprint density at radius 1 is 1.17 bits per heavy atom. The van der Waals surface area contributed by atoms with E-state index in [1.165, 1.54) is 0 Å². The predicted molar refractivity (Wildman–Crippen MR) is 73.9 cm³/mol. The molecule has 0 aliphatic rings. The van der Waals surface area contributed by atoms with Gasteiger partial charge in [-0.25, -0.2) is 0 Å². The third-order valence-electron chi connectivity index (χ3n) is 2.71. The van der Waals surface area contributed by atoms with E-state index in [4.69, 9.17) is 4.74 Å². The van der Waals surface area contributed by atoms with Crippen LogP contribution in [0.25, 0.3) is 0 Å². The molecule has 100 valence electrons. The molecule has 0 unspecified atom stereocenters. The molecule has 0 fully saturated rings. The maximum atomic E-state index is 11.7. The maximum Gasteiger partial charge on any atom is 0.251 e. The molecule has 3 heteroatoms. The van der Waals surface area contributed by atoms with Gasteiger partial charge in [-0.3, -0.25) is 4.79 Å². The van der Waals surface area contributed by atoms with Crippen LogP contribution in [0.4, 0.5) is 0 Å². The van der Waals surface area contributed by atoms with Crippen LogP contribution in [0.15, 0.2) is 24.3 Å². The molecule has 0 bridgehead atoms. The van der Waals surface area contributed by atoms with Crippen LogP contribution in [0.5, 0.6) is 0 Å². The molecule has 0 radical (unpaired) electrons. The molecule has 18 heavy (non-hydrogen) atoms. The number of ether oxygens (including phenoxy) is 1. The van der Waals surface area contributed by atoms with Crippen molar-refractivity contribution in [3.05, 3.63) is 35.4 Å². The van der Waals surface area contributed by atoms with Crippen LogP contribution in [-0.4, -0.2) is 25.7 Å². The van der Waals surface area contributed by atoms with Crippen molar-refractivity contribution >= 4 is 5.91 Å². The number of hydrogen-bond donors (Lipinski definition) is 1. The van der Waals surface area contributed by atoms with E-state index in [0.717, 1.165) is 31.4 Å². The van der Waals surface area contributed by atoms with Gasteiger partial charge in [0.05, 0.1) is 0 Å². The van der Waals surface area contributed by atoms with E-state index >= 15 is 0 Å². The molecule has 0 heterocycles. The number of rotatable bonds is 8. The molecule has 0 saturated heterocycles. The van der Waals surface area contributed by atoms with Crippen LogP contribution in [0.1, 0.15) is 42.1 Å². The molecular formula is C15H23NO2. The number of benzene rings is 1. The lowest BCUT2D eigenvalue weighted by molar-refractivity contribution is 0.0940. The average Bonchev–Trinajstić information content (AvgIpc) is 2.38. The number of hydrogen-bond acceptors (Lipinski definition) is 2. The summed E-state index contributed by atoms with van der Waals surface area (Å²) in [5.41, 5.74) is 1.88. The Morgan fingerprint density at radius 3 is 2.50 bits per heavy atom. The molecule has 3 nitrogen and oxygen atoms in total. The second-order valence-corrected chi connectivity index (χ2v) is 4.44. The SMILES string of the molecule is CCCCOCCCNC(=O)c1ccc(C)cc1. The minimum Gasteiger partial charge on any atom is -0.381 e. The third-order valence-corrected chi connectivity index (χ3v) is 2.71. The molecule has 0 saturated carbocycles. The second-order valence-electron chi connectivity index (χ2n) is 4.44. The number of nitrogens with one attached hydrogen (secondary N) is 1. The minimum atomic E-state index is -0.0106. The summed E-state index contributed by atoms with van der Waals surface area (Å²) >= 11 is 0. The summed E-state index contributed by atoms with van der Waals surface area (Å²) < 4.78 is 5.43. The highest BCUT2D eigenvalue weighted by Gasteiger charge is 2.03. The Morgan fingerprint density at radius 2 is 1.83 bits per heavy atom. The molecule has 1 rings (SSSR count). The lowest BCUT2D eigenvalue weighted by atomic mass is 10.1. The molecule has 0 atom stereocenters. The van der Waals surface area contributed by atoms with E-state index in [2.05, 4.69) is 12.2 Å². The van der Waals surface area contributed by atoms with Crippen LogP contribution in [0.2, 0.25) is 0 Å². The summed E-state index contributed by atoms with van der Waals surface area (Å²) in [5, 5.41) is 2.89. The first kappa shape index (κ1) is 14.7. The Bertz CT molecular complexity index is 346. The predicted octanol–water partition coefficient (Wildman–Crippen LogP) is 2.93. The average molecular weight is 249 g/mol. The van der Waals surface area contributed by atoms with E-state index in [-0.39, 0.29) is 5.91 Å². The van der Waals surface area contributed by atoms with Gasteiger partial charge < -0.3 is 10.1 Å². The Labute approximate surface area is 110 Å². The minimum absolute atomic E-state index is 0.0106. The van der Waals surface area contributed by atoms with Gasteiger partial charge >= 0.3 is 0 Å². The normalized spacial score (nSPS) is 10.3. The molecular weight excluding hydrogens is 226 g/mol. The number of aryl methyl sites for hydroxylation is 1. The van der Waals surface area contributed by atoms with Crippen molar-refractivity contribution in [1.82, 2.24) is 5.32 Å². The first-order valence-corrected chi connectivity index (χ1v) is 6.66. The fourth-order valence-electron chi connectivity index (χ4n) is 1.53. The summed E-state index contributed by atoms with van der Waals surface area (Å²) in [4.78, 5) is 11.7. The molecule has 0 aliphatic heterocycles. The second kappa shape index (κ2) is 8.70. The van der Waals surface area contributed by atoms with Gasteiger partial charge in [0, 0.05) is 25.3 Å². The standard InChI is InChI=1S/C15H23NO2/c1-3-4-11-18-12-5-10-16-15(17)14-8-6-13(2)7-9-14/h6-9H,3-5,10-12H2,1-2H3,(H,16,17). The van der Waals surface area contributed by atoms with E-state index < -0.39 is 0 Å². The van der Waals surface area contributed by atoms with Gasteiger partial charge in [0.25, 0.3) is 5.91 Å². The highest BCUT2D eigenvalue weighted by atomic mass is 16.5. The highest BCUT2D eigenvalue weighted by molar-refractivity contribution is 5.94. The van der Waals surface area contributed by atoms with Crippen molar-refractivity contribution in [1.29, 1.82) is 0 Å². The summed E-state index contributed by atoms with van der Waals surface area (Å²) in [5.74, 6) is -0.0106. The van der Waals surface area contributed by atoms with Crippen LogP contribution >= 0.6 is 0 Å². The van der Waals surface area contributed by atoms with Gasteiger partial charge in [-0.15, -0.1) is 0 Å². The van der Waals surface area contributed by atoms with Gasteiger partial charge in [-0.2, -0.15) is 0 Å². The lowest BCUT2D eigenvalue weighted by Crippen LogP contribution is -2.25. The van der Waals surface area contributed by atoms with Crippen molar-refractivity contribution < 1.29 is 9.53 Å². The maximum absolute atomic E-state index is 11.7. The highest BCUT2D eigenvalue weighted by Crippen LogP contribution is 2.02. The van der Waals surface area contributed by atoms with Crippen molar-refractivity contribution in [3.8, 4) is 0 Å². The van der Waals surface area contributed by atoms with Crippen molar-refractivity contribution in [2.24, 2.45) is 0 Å². The fourth-order valence-corrected chi connectivity index (χ4v) is 1.53. The third kappa shape index (κ3) is 5.82. The smallest absolute Gasteiger partial charge is 0.251 e. The topological polar surface area (TPSA) is 38.3 Å². The summed E-state index contributed by atoms with van der Waals surface area (Å²) in [6.07, 6.45) is 3.13. The van der Waals surface area contributed by atoms with Gasteiger partial charge in [0.1, 0.15) is 0 Å². The number of unbranched alkanes of at least 4 members (excludes halogenated alkanes) is 1. The molecule has 1 N–H and O–H groups in total. The Hall–Kier alpha value is -1.35. The molecule has 0 aliphatic carbocycles. The van der Waals surface area contributed by atoms with E-state index in [0.29, 0.717) is 18.7 Å². The molecule has 0 spiro atoms. The number of amides is 1. The zero-order chi connectivity index (χ0) is 13.2. The number of carbonyl (C=O) groups is 1. The zero-order valence-corrected chi connectivity index (χ0v) is 11.4. The lowest BCUT2D eigenvalue weighted by Gasteiger charge is -2.06. The first-order valence-electron chi connectivity index (χ1n) is 6.66. The van der Waals surface area contributed by atoms with Gasteiger partial charge in [-0.1, -0.05) is 31.0 Å². The molecule has 1 aromatic carbocycles.